The number of hydrogen-bond acceptors (Lipinski definition) is 3. The summed E-state index contributed by atoms with van der Waals surface area (Å²) in [4.78, 5) is 4.80. The third kappa shape index (κ3) is 2.84. The van der Waals surface area contributed by atoms with Crippen LogP contribution in [0.5, 0.6) is 0 Å². The van der Waals surface area contributed by atoms with Crippen molar-refractivity contribution in [2.75, 3.05) is 5.32 Å². The number of benzene rings is 2. The van der Waals surface area contributed by atoms with Crippen LogP contribution in [0, 0.1) is 13.8 Å². The zero-order valence-electron chi connectivity index (χ0n) is 15.3. The van der Waals surface area contributed by atoms with Gasteiger partial charge in [0.15, 0.2) is 5.65 Å². The maximum Gasteiger partial charge on any atom is 0.165 e. The fourth-order valence-corrected chi connectivity index (χ4v) is 3.11. The van der Waals surface area contributed by atoms with Crippen LogP contribution >= 0.6 is 0 Å². The molecule has 26 heavy (non-hydrogen) atoms. The monoisotopic (exact) mass is 342 g/mol. The molecule has 0 fully saturated rings. The van der Waals surface area contributed by atoms with Crippen molar-refractivity contribution in [3.63, 3.8) is 0 Å². The molecule has 4 rings (SSSR count). The predicted molar refractivity (Wildman–Crippen MR) is 107 cm³/mol. The Kier molecular flexibility index (Phi) is 4.17. The van der Waals surface area contributed by atoms with Crippen molar-refractivity contribution in [3.8, 4) is 11.1 Å². The minimum absolute atomic E-state index is 0.868. The van der Waals surface area contributed by atoms with Gasteiger partial charge >= 0.3 is 0 Å². The Morgan fingerprint density at radius 1 is 0.962 bits per heavy atom. The second kappa shape index (κ2) is 6.64. The molecule has 0 spiro atoms. The largest absolute Gasteiger partial charge is 0.340 e. The number of aryl methyl sites for hydroxylation is 2. The lowest BCUT2D eigenvalue weighted by Crippen LogP contribution is -2.06. The molecule has 4 heteroatoms. The molecular formula is C22H22N4. The Hall–Kier alpha value is -3.14. The van der Waals surface area contributed by atoms with Crippen molar-refractivity contribution in [1.82, 2.24) is 14.6 Å². The normalized spacial score (nSPS) is 11.0. The molecule has 2 heterocycles. The number of anilines is 2. The molecule has 0 radical (unpaired) electrons. The fourth-order valence-electron chi connectivity index (χ4n) is 3.11. The van der Waals surface area contributed by atoms with E-state index in [9.17, 15) is 0 Å². The van der Waals surface area contributed by atoms with E-state index in [1.165, 1.54) is 5.56 Å². The maximum absolute atomic E-state index is 4.80. The van der Waals surface area contributed by atoms with Gasteiger partial charge in [-0.05, 0) is 43.5 Å². The van der Waals surface area contributed by atoms with Gasteiger partial charge in [-0.15, -0.1) is 0 Å². The number of rotatable bonds is 4. The maximum atomic E-state index is 4.80. The van der Waals surface area contributed by atoms with E-state index in [0.717, 1.165) is 46.0 Å². The van der Waals surface area contributed by atoms with Crippen molar-refractivity contribution >= 4 is 17.2 Å². The van der Waals surface area contributed by atoms with E-state index in [1.54, 1.807) is 0 Å². The van der Waals surface area contributed by atoms with Crippen LogP contribution in [-0.4, -0.2) is 14.6 Å². The van der Waals surface area contributed by atoms with Crippen molar-refractivity contribution in [2.24, 2.45) is 0 Å². The van der Waals surface area contributed by atoms with Crippen LogP contribution < -0.4 is 5.32 Å². The highest BCUT2D eigenvalue weighted by Gasteiger charge is 2.15. The highest BCUT2D eigenvalue weighted by atomic mass is 15.3. The minimum Gasteiger partial charge on any atom is -0.340 e. The van der Waals surface area contributed by atoms with Crippen LogP contribution in [0.2, 0.25) is 0 Å². The van der Waals surface area contributed by atoms with Crippen LogP contribution in [0.1, 0.15) is 23.7 Å². The van der Waals surface area contributed by atoms with Gasteiger partial charge in [0.2, 0.25) is 0 Å². The molecule has 0 amide bonds. The van der Waals surface area contributed by atoms with Gasteiger partial charge in [0.05, 0.1) is 6.20 Å². The van der Waals surface area contributed by atoms with E-state index < -0.39 is 0 Å². The second-order valence-corrected chi connectivity index (χ2v) is 6.51. The molecular weight excluding hydrogens is 320 g/mol. The summed E-state index contributed by atoms with van der Waals surface area (Å²) in [6.45, 7) is 6.29. The number of fused-ring (bicyclic) bond motifs is 1. The fraction of sp³-hybridized carbons (Fsp3) is 0.182. The summed E-state index contributed by atoms with van der Waals surface area (Å²) >= 11 is 0. The first-order chi connectivity index (χ1) is 12.7. The van der Waals surface area contributed by atoms with Crippen LogP contribution in [0.4, 0.5) is 11.5 Å². The van der Waals surface area contributed by atoms with Gasteiger partial charge in [-0.3, -0.25) is 0 Å². The Labute approximate surface area is 153 Å². The Balaban J connectivity index is 1.83. The Morgan fingerprint density at radius 2 is 1.69 bits per heavy atom. The highest BCUT2D eigenvalue weighted by Crippen LogP contribution is 2.29. The molecule has 0 aliphatic heterocycles. The first-order valence-corrected chi connectivity index (χ1v) is 8.93. The summed E-state index contributed by atoms with van der Waals surface area (Å²) in [7, 11) is 0. The lowest BCUT2D eigenvalue weighted by Gasteiger charge is -2.14. The Bertz CT molecular complexity index is 1050. The van der Waals surface area contributed by atoms with Crippen LogP contribution in [0.15, 0.2) is 60.8 Å². The van der Waals surface area contributed by atoms with Crippen LogP contribution in [0.3, 0.4) is 0 Å². The van der Waals surface area contributed by atoms with Crippen LogP contribution in [-0.2, 0) is 6.42 Å². The summed E-state index contributed by atoms with van der Waals surface area (Å²) < 4.78 is 1.90. The minimum atomic E-state index is 0.868. The predicted octanol–water partition coefficient (Wildman–Crippen LogP) is 5.32. The molecule has 0 saturated carbocycles. The lowest BCUT2D eigenvalue weighted by molar-refractivity contribution is 0.924. The molecule has 0 bridgehead atoms. The molecule has 2 aromatic heterocycles. The topological polar surface area (TPSA) is 42.2 Å². The summed E-state index contributed by atoms with van der Waals surface area (Å²) in [5, 5.41) is 8.15. The molecule has 0 aliphatic carbocycles. The molecule has 0 unspecified atom stereocenters. The second-order valence-electron chi connectivity index (χ2n) is 6.51. The number of nitrogens with one attached hydrogen (secondary N) is 1. The van der Waals surface area contributed by atoms with Crippen molar-refractivity contribution < 1.29 is 0 Å². The lowest BCUT2D eigenvalue weighted by atomic mass is 10.1. The molecule has 4 nitrogen and oxygen atoms in total. The van der Waals surface area contributed by atoms with E-state index in [2.05, 4.69) is 60.7 Å². The third-order valence-electron chi connectivity index (χ3n) is 4.84. The van der Waals surface area contributed by atoms with E-state index in [-0.39, 0.29) is 0 Å². The first-order valence-electron chi connectivity index (χ1n) is 8.93. The zero-order valence-corrected chi connectivity index (χ0v) is 15.3. The SMILES string of the molecule is CCc1ccc(Nc2c(C)c(C)nc3c(-c4ccccc4)cnn23)cc1. The van der Waals surface area contributed by atoms with Crippen molar-refractivity contribution in [1.29, 1.82) is 0 Å². The van der Waals surface area contributed by atoms with Gasteiger partial charge in [-0.2, -0.15) is 9.61 Å². The van der Waals surface area contributed by atoms with Gasteiger partial charge in [-0.25, -0.2) is 4.98 Å². The van der Waals surface area contributed by atoms with E-state index in [4.69, 9.17) is 4.98 Å². The van der Waals surface area contributed by atoms with Gasteiger partial charge < -0.3 is 5.32 Å². The van der Waals surface area contributed by atoms with E-state index in [1.807, 2.05) is 35.8 Å². The molecule has 2 aromatic carbocycles. The van der Waals surface area contributed by atoms with Gasteiger partial charge in [0, 0.05) is 22.5 Å². The smallest absolute Gasteiger partial charge is 0.165 e. The number of hydrogen-bond donors (Lipinski definition) is 1. The van der Waals surface area contributed by atoms with Gasteiger partial charge in [0.1, 0.15) is 5.82 Å². The quantitative estimate of drug-likeness (QED) is 0.546. The van der Waals surface area contributed by atoms with Crippen LogP contribution in [0.25, 0.3) is 16.8 Å². The third-order valence-corrected chi connectivity index (χ3v) is 4.84. The number of nitrogens with zero attached hydrogens (tertiary/aromatic N) is 3. The summed E-state index contributed by atoms with van der Waals surface area (Å²) in [6, 6.07) is 18.8. The first kappa shape index (κ1) is 16.3. The molecule has 0 saturated heterocycles. The van der Waals surface area contributed by atoms with Gasteiger partial charge in [0.25, 0.3) is 0 Å². The molecule has 1 N–H and O–H groups in total. The highest BCUT2D eigenvalue weighted by molar-refractivity contribution is 5.79. The standard InChI is InChI=1S/C22H22N4/c1-4-17-10-12-19(13-11-17)25-21-15(2)16(3)24-22-20(14-23-26(21)22)18-8-6-5-7-9-18/h5-14,25H,4H2,1-3H3. The molecule has 4 aromatic rings. The summed E-state index contributed by atoms with van der Waals surface area (Å²) in [5.41, 5.74) is 7.51. The van der Waals surface area contributed by atoms with Gasteiger partial charge in [-0.1, -0.05) is 49.4 Å². The summed E-state index contributed by atoms with van der Waals surface area (Å²) in [6.07, 6.45) is 2.93. The summed E-state index contributed by atoms with van der Waals surface area (Å²) in [5.74, 6) is 0.957. The van der Waals surface area contributed by atoms with Crippen molar-refractivity contribution in [3.05, 3.63) is 77.6 Å². The molecule has 0 atom stereocenters. The van der Waals surface area contributed by atoms with Crippen molar-refractivity contribution in [2.45, 2.75) is 27.2 Å². The Morgan fingerprint density at radius 3 is 2.38 bits per heavy atom. The van der Waals surface area contributed by atoms with E-state index >= 15 is 0 Å². The number of aromatic nitrogens is 3. The average Bonchev–Trinajstić information content (AvgIpc) is 3.10. The van der Waals surface area contributed by atoms with E-state index in [0.29, 0.717) is 0 Å². The zero-order chi connectivity index (χ0) is 18.1. The molecule has 130 valence electrons. The molecule has 0 aliphatic rings. The average molecular weight is 342 g/mol.